The molecule has 1 amide bonds. The molecule has 0 aromatic rings. The van der Waals surface area contributed by atoms with Crippen LogP contribution in [0, 0.1) is 0 Å². The molecule has 4 heteroatoms. The molecule has 0 saturated carbocycles. The molecule has 1 aliphatic rings. The smallest absolute Gasteiger partial charge is 0.246 e. The first-order valence-corrected chi connectivity index (χ1v) is 5.79. The van der Waals surface area contributed by atoms with Crippen LogP contribution in [-0.2, 0) is 14.3 Å². The van der Waals surface area contributed by atoms with Crippen molar-refractivity contribution in [1.29, 1.82) is 0 Å². The Morgan fingerprint density at radius 3 is 2.62 bits per heavy atom. The van der Waals surface area contributed by atoms with Gasteiger partial charge in [0.05, 0.1) is 17.2 Å². The Hall–Kier alpha value is -0.610. The third kappa shape index (κ3) is 3.76. The Labute approximate surface area is 97.7 Å². The van der Waals surface area contributed by atoms with Crippen molar-refractivity contribution in [3.05, 3.63) is 0 Å². The van der Waals surface area contributed by atoms with Crippen LogP contribution in [0.15, 0.2) is 0 Å². The number of hydrogen-bond acceptors (Lipinski definition) is 3. The first-order chi connectivity index (χ1) is 7.23. The zero-order valence-electron chi connectivity index (χ0n) is 10.9. The largest absolute Gasteiger partial charge is 0.376 e. The van der Waals surface area contributed by atoms with Crippen molar-refractivity contribution in [2.45, 2.75) is 58.3 Å². The summed E-state index contributed by atoms with van der Waals surface area (Å²) >= 11 is 0. The normalized spacial score (nSPS) is 30.4. The minimum atomic E-state index is -0.282. The lowest BCUT2D eigenvalue weighted by atomic mass is 9.95. The van der Waals surface area contributed by atoms with Crippen molar-refractivity contribution < 1.29 is 14.3 Å². The third-order valence-corrected chi connectivity index (χ3v) is 2.95. The van der Waals surface area contributed by atoms with Gasteiger partial charge in [0.1, 0.15) is 6.61 Å². The minimum absolute atomic E-state index is 0.0612. The molecule has 0 radical (unpaired) electrons. The molecule has 0 spiro atoms. The zero-order valence-corrected chi connectivity index (χ0v) is 10.9. The maximum atomic E-state index is 11.7. The lowest BCUT2D eigenvalue weighted by molar-refractivity contribution is -0.133. The second kappa shape index (κ2) is 4.72. The van der Waals surface area contributed by atoms with Gasteiger partial charge in [-0.3, -0.25) is 4.79 Å². The summed E-state index contributed by atoms with van der Waals surface area (Å²) < 4.78 is 10.9. The Balaban J connectivity index is 2.39. The van der Waals surface area contributed by atoms with Gasteiger partial charge in [0.25, 0.3) is 0 Å². The zero-order chi connectivity index (χ0) is 12.4. The van der Waals surface area contributed by atoms with Gasteiger partial charge in [0.2, 0.25) is 5.91 Å². The maximum absolute atomic E-state index is 11.7. The topological polar surface area (TPSA) is 47.6 Å². The molecule has 1 aliphatic heterocycles. The van der Waals surface area contributed by atoms with Gasteiger partial charge in [-0.25, -0.2) is 0 Å². The third-order valence-electron chi connectivity index (χ3n) is 2.95. The first kappa shape index (κ1) is 13.5. The molecule has 1 heterocycles. The maximum Gasteiger partial charge on any atom is 0.246 e. The van der Waals surface area contributed by atoms with Gasteiger partial charge in [-0.1, -0.05) is 0 Å². The molecule has 94 valence electrons. The Morgan fingerprint density at radius 2 is 2.19 bits per heavy atom. The van der Waals surface area contributed by atoms with Crippen molar-refractivity contribution in [2.75, 3.05) is 13.2 Å². The van der Waals surface area contributed by atoms with E-state index in [1.165, 1.54) is 0 Å². The van der Waals surface area contributed by atoms with E-state index in [0.29, 0.717) is 6.61 Å². The van der Waals surface area contributed by atoms with Crippen LogP contribution >= 0.6 is 0 Å². The van der Waals surface area contributed by atoms with Crippen LogP contribution in [-0.4, -0.2) is 36.4 Å². The predicted octanol–water partition coefficient (Wildman–Crippen LogP) is 1.49. The number of amides is 1. The van der Waals surface area contributed by atoms with Gasteiger partial charge in [-0.05, 0) is 41.0 Å². The lowest BCUT2D eigenvalue weighted by Gasteiger charge is -2.29. The Morgan fingerprint density at radius 1 is 1.56 bits per heavy atom. The molecule has 16 heavy (non-hydrogen) atoms. The van der Waals surface area contributed by atoms with Gasteiger partial charge < -0.3 is 14.8 Å². The highest BCUT2D eigenvalue weighted by Crippen LogP contribution is 2.24. The molecule has 2 atom stereocenters. The second-order valence-electron chi connectivity index (χ2n) is 5.63. The molecular formula is C12H23NO3. The van der Waals surface area contributed by atoms with Crippen molar-refractivity contribution in [2.24, 2.45) is 0 Å². The standard InChI is InChI=1S/C12H23NO3/c1-9-12(5,6-7-15-9)13-10(14)8-16-11(2,3)4/h9H,6-8H2,1-5H3,(H,13,14). The van der Waals surface area contributed by atoms with E-state index >= 15 is 0 Å². The number of hydrogen-bond donors (Lipinski definition) is 1. The minimum Gasteiger partial charge on any atom is -0.376 e. The van der Waals surface area contributed by atoms with Crippen LogP contribution in [0.5, 0.6) is 0 Å². The number of carbonyl (C=O) groups is 1. The fraction of sp³-hybridized carbons (Fsp3) is 0.917. The fourth-order valence-corrected chi connectivity index (χ4v) is 1.64. The van der Waals surface area contributed by atoms with E-state index in [1.807, 2.05) is 34.6 Å². The Kier molecular flexibility index (Phi) is 3.97. The van der Waals surface area contributed by atoms with E-state index in [0.717, 1.165) is 6.42 Å². The van der Waals surface area contributed by atoms with Crippen LogP contribution in [0.2, 0.25) is 0 Å². The molecule has 1 fully saturated rings. The van der Waals surface area contributed by atoms with E-state index in [2.05, 4.69) is 5.32 Å². The predicted molar refractivity (Wildman–Crippen MR) is 62.3 cm³/mol. The number of nitrogens with one attached hydrogen (secondary N) is 1. The number of rotatable bonds is 3. The molecule has 1 saturated heterocycles. The summed E-state index contributed by atoms with van der Waals surface area (Å²) in [5.74, 6) is -0.0743. The van der Waals surface area contributed by atoms with Crippen molar-refractivity contribution >= 4 is 5.91 Å². The summed E-state index contributed by atoms with van der Waals surface area (Å²) in [6.07, 6.45) is 0.918. The van der Waals surface area contributed by atoms with E-state index < -0.39 is 0 Å². The molecule has 4 nitrogen and oxygen atoms in total. The van der Waals surface area contributed by atoms with Crippen LogP contribution in [0.4, 0.5) is 0 Å². The molecule has 0 aliphatic carbocycles. The van der Waals surface area contributed by atoms with Gasteiger partial charge in [0, 0.05) is 6.61 Å². The molecule has 2 unspecified atom stereocenters. The summed E-state index contributed by atoms with van der Waals surface area (Å²) in [6, 6.07) is 0. The second-order valence-corrected chi connectivity index (χ2v) is 5.63. The highest BCUT2D eigenvalue weighted by molar-refractivity contribution is 5.78. The summed E-state index contributed by atoms with van der Waals surface area (Å²) in [7, 11) is 0. The SMILES string of the molecule is CC1OCCC1(C)NC(=O)COC(C)(C)C. The van der Waals surface area contributed by atoms with Crippen LogP contribution < -0.4 is 5.32 Å². The quantitative estimate of drug-likeness (QED) is 0.797. The summed E-state index contributed by atoms with van der Waals surface area (Å²) in [6.45, 7) is 10.6. The van der Waals surface area contributed by atoms with Gasteiger partial charge in [-0.2, -0.15) is 0 Å². The van der Waals surface area contributed by atoms with E-state index in [9.17, 15) is 4.79 Å². The van der Waals surface area contributed by atoms with Crippen LogP contribution in [0.25, 0.3) is 0 Å². The molecular weight excluding hydrogens is 206 g/mol. The van der Waals surface area contributed by atoms with E-state index in [4.69, 9.17) is 9.47 Å². The molecule has 0 bridgehead atoms. The molecule has 0 aromatic carbocycles. The summed E-state index contributed by atoms with van der Waals surface area (Å²) in [5.41, 5.74) is -0.533. The van der Waals surface area contributed by atoms with Gasteiger partial charge in [-0.15, -0.1) is 0 Å². The van der Waals surface area contributed by atoms with Crippen LogP contribution in [0.3, 0.4) is 0 Å². The molecule has 1 rings (SSSR count). The highest BCUT2D eigenvalue weighted by Gasteiger charge is 2.38. The average molecular weight is 229 g/mol. The van der Waals surface area contributed by atoms with Crippen molar-refractivity contribution in [3.63, 3.8) is 0 Å². The first-order valence-electron chi connectivity index (χ1n) is 5.79. The number of ether oxygens (including phenoxy) is 2. The van der Waals surface area contributed by atoms with E-state index in [-0.39, 0.29) is 29.8 Å². The van der Waals surface area contributed by atoms with Crippen molar-refractivity contribution in [1.82, 2.24) is 5.32 Å². The van der Waals surface area contributed by atoms with Gasteiger partial charge in [0.15, 0.2) is 0 Å². The van der Waals surface area contributed by atoms with Crippen molar-refractivity contribution in [3.8, 4) is 0 Å². The Bertz CT molecular complexity index is 259. The van der Waals surface area contributed by atoms with Gasteiger partial charge >= 0.3 is 0 Å². The van der Waals surface area contributed by atoms with Crippen LogP contribution in [0.1, 0.15) is 41.0 Å². The monoisotopic (exact) mass is 229 g/mol. The average Bonchev–Trinajstić information content (AvgIpc) is 2.43. The fourth-order valence-electron chi connectivity index (χ4n) is 1.64. The van der Waals surface area contributed by atoms with E-state index in [1.54, 1.807) is 0 Å². The lowest BCUT2D eigenvalue weighted by Crippen LogP contribution is -2.52. The molecule has 1 N–H and O–H groups in total. The summed E-state index contributed by atoms with van der Waals surface area (Å²) in [5, 5.41) is 2.99. The molecule has 0 aromatic heterocycles. The summed E-state index contributed by atoms with van der Waals surface area (Å²) in [4.78, 5) is 11.7. The number of carbonyl (C=O) groups excluding carboxylic acids is 1. The highest BCUT2D eigenvalue weighted by atomic mass is 16.5.